The fourth-order valence-electron chi connectivity index (χ4n) is 1.59. The van der Waals surface area contributed by atoms with Crippen molar-refractivity contribution in [2.24, 2.45) is 5.16 Å². The van der Waals surface area contributed by atoms with E-state index in [1.165, 1.54) is 11.3 Å². The van der Waals surface area contributed by atoms with Crippen LogP contribution in [-0.2, 0) is 9.63 Å². The molecule has 3 heterocycles. The number of rotatable bonds is 2. The van der Waals surface area contributed by atoms with Crippen molar-refractivity contribution in [2.45, 2.75) is 0 Å². The van der Waals surface area contributed by atoms with Gasteiger partial charge in [0.15, 0.2) is 0 Å². The lowest BCUT2D eigenvalue weighted by Crippen LogP contribution is -2.05. The molecule has 0 saturated heterocycles. The molecule has 3 rings (SSSR count). The van der Waals surface area contributed by atoms with E-state index in [-0.39, 0.29) is 0 Å². The predicted octanol–water partition coefficient (Wildman–Crippen LogP) is 2.42. The first kappa shape index (κ1) is 10.0. The molecule has 1 N–H and O–H groups in total. The molecular formula is C12H8N2O2S. The lowest BCUT2D eigenvalue weighted by Gasteiger charge is -1.95. The SMILES string of the molecule is O=C1ON=C(c2cccs2)/C1=C/c1ccc[nH]1. The smallest absolute Gasteiger partial charge is 0.362 e. The van der Waals surface area contributed by atoms with Crippen LogP contribution < -0.4 is 0 Å². The van der Waals surface area contributed by atoms with Crippen molar-refractivity contribution >= 4 is 29.1 Å². The third kappa shape index (κ3) is 1.81. The van der Waals surface area contributed by atoms with Crippen molar-refractivity contribution < 1.29 is 9.63 Å². The Morgan fingerprint density at radius 3 is 3.00 bits per heavy atom. The summed E-state index contributed by atoms with van der Waals surface area (Å²) in [7, 11) is 0. The first-order chi connectivity index (χ1) is 8.34. The summed E-state index contributed by atoms with van der Waals surface area (Å²) in [5.41, 5.74) is 1.93. The van der Waals surface area contributed by atoms with Crippen LogP contribution in [0.15, 0.2) is 46.6 Å². The number of hydrogen-bond acceptors (Lipinski definition) is 4. The van der Waals surface area contributed by atoms with Gasteiger partial charge >= 0.3 is 5.97 Å². The van der Waals surface area contributed by atoms with E-state index in [0.29, 0.717) is 11.3 Å². The Morgan fingerprint density at radius 2 is 2.29 bits per heavy atom. The Labute approximate surface area is 101 Å². The Kier molecular flexibility index (Phi) is 2.38. The predicted molar refractivity (Wildman–Crippen MR) is 65.7 cm³/mol. The molecule has 2 aromatic rings. The van der Waals surface area contributed by atoms with E-state index in [2.05, 4.69) is 10.1 Å². The van der Waals surface area contributed by atoms with Crippen LogP contribution in [-0.4, -0.2) is 16.7 Å². The van der Waals surface area contributed by atoms with Gasteiger partial charge in [0.2, 0.25) is 0 Å². The highest BCUT2D eigenvalue weighted by molar-refractivity contribution is 7.12. The highest BCUT2D eigenvalue weighted by Crippen LogP contribution is 2.22. The van der Waals surface area contributed by atoms with Gasteiger partial charge in [-0.3, -0.25) is 0 Å². The molecule has 0 amide bonds. The Bertz CT molecular complexity index is 595. The topological polar surface area (TPSA) is 54.4 Å². The first-order valence-corrected chi connectivity index (χ1v) is 5.91. The number of H-pyrrole nitrogens is 1. The molecule has 17 heavy (non-hydrogen) atoms. The van der Waals surface area contributed by atoms with Gasteiger partial charge in [-0.2, -0.15) is 0 Å². The van der Waals surface area contributed by atoms with Gasteiger partial charge in [-0.05, 0) is 29.7 Å². The van der Waals surface area contributed by atoms with Crippen LogP contribution in [0.1, 0.15) is 10.6 Å². The van der Waals surface area contributed by atoms with E-state index in [0.717, 1.165) is 10.6 Å². The molecule has 0 fully saturated rings. The van der Waals surface area contributed by atoms with E-state index in [1.54, 1.807) is 12.3 Å². The van der Waals surface area contributed by atoms with Gasteiger partial charge in [0.05, 0.1) is 10.5 Å². The molecule has 0 aromatic carbocycles. The van der Waals surface area contributed by atoms with Gasteiger partial charge in [0.1, 0.15) is 5.71 Å². The second kappa shape index (κ2) is 4.03. The van der Waals surface area contributed by atoms with Crippen LogP contribution in [0.25, 0.3) is 6.08 Å². The largest absolute Gasteiger partial charge is 0.368 e. The summed E-state index contributed by atoms with van der Waals surface area (Å²) >= 11 is 1.52. The molecular weight excluding hydrogens is 236 g/mol. The molecule has 0 saturated carbocycles. The molecule has 84 valence electrons. The minimum absolute atomic E-state index is 0.414. The van der Waals surface area contributed by atoms with Crippen LogP contribution >= 0.6 is 11.3 Å². The number of oxime groups is 1. The van der Waals surface area contributed by atoms with Crippen LogP contribution in [0.2, 0.25) is 0 Å². The molecule has 1 aliphatic rings. The zero-order valence-corrected chi connectivity index (χ0v) is 9.53. The fourth-order valence-corrected chi connectivity index (χ4v) is 2.31. The van der Waals surface area contributed by atoms with Crippen molar-refractivity contribution in [3.8, 4) is 0 Å². The van der Waals surface area contributed by atoms with Crippen LogP contribution in [0.5, 0.6) is 0 Å². The molecule has 2 aromatic heterocycles. The first-order valence-electron chi connectivity index (χ1n) is 5.03. The molecule has 5 heteroatoms. The van der Waals surface area contributed by atoms with Crippen molar-refractivity contribution in [1.82, 2.24) is 4.98 Å². The number of nitrogens with zero attached hydrogens (tertiary/aromatic N) is 1. The maximum atomic E-state index is 11.6. The van der Waals surface area contributed by atoms with E-state index in [4.69, 9.17) is 4.84 Å². The highest BCUT2D eigenvalue weighted by atomic mass is 32.1. The summed E-state index contributed by atoms with van der Waals surface area (Å²) in [5.74, 6) is -0.414. The van der Waals surface area contributed by atoms with E-state index in [1.807, 2.05) is 29.6 Å². The van der Waals surface area contributed by atoms with Crippen LogP contribution in [0.3, 0.4) is 0 Å². The number of carbonyl (C=O) groups is 1. The molecule has 0 unspecified atom stereocenters. The van der Waals surface area contributed by atoms with Crippen LogP contribution in [0.4, 0.5) is 0 Å². The summed E-state index contributed by atoms with van der Waals surface area (Å²) in [6, 6.07) is 7.57. The number of carbonyl (C=O) groups excluding carboxylic acids is 1. The third-order valence-corrected chi connectivity index (χ3v) is 3.25. The fraction of sp³-hybridized carbons (Fsp3) is 0. The number of nitrogens with one attached hydrogen (secondary N) is 1. The number of hydrogen-bond donors (Lipinski definition) is 1. The van der Waals surface area contributed by atoms with Crippen molar-refractivity contribution in [1.29, 1.82) is 0 Å². The second-order valence-corrected chi connectivity index (χ2v) is 4.43. The number of thiophene rings is 1. The molecule has 0 spiro atoms. The van der Waals surface area contributed by atoms with Crippen LogP contribution in [0, 0.1) is 0 Å². The molecule has 0 bridgehead atoms. The third-order valence-electron chi connectivity index (χ3n) is 2.37. The van der Waals surface area contributed by atoms with Crippen molar-refractivity contribution in [2.75, 3.05) is 0 Å². The lowest BCUT2D eigenvalue weighted by molar-refractivity contribution is -0.136. The zero-order chi connectivity index (χ0) is 11.7. The van der Waals surface area contributed by atoms with Gasteiger partial charge in [-0.25, -0.2) is 4.79 Å². The van der Waals surface area contributed by atoms with E-state index < -0.39 is 5.97 Å². The summed E-state index contributed by atoms with van der Waals surface area (Å²) < 4.78 is 0. The monoisotopic (exact) mass is 244 g/mol. The minimum Gasteiger partial charge on any atom is -0.362 e. The molecule has 0 aliphatic carbocycles. The Morgan fingerprint density at radius 1 is 1.35 bits per heavy atom. The van der Waals surface area contributed by atoms with Crippen molar-refractivity contribution in [3.63, 3.8) is 0 Å². The van der Waals surface area contributed by atoms with Gasteiger partial charge in [-0.1, -0.05) is 11.2 Å². The van der Waals surface area contributed by atoms with E-state index >= 15 is 0 Å². The Balaban J connectivity index is 2.03. The molecule has 1 aliphatic heterocycles. The minimum atomic E-state index is -0.414. The number of aromatic nitrogens is 1. The summed E-state index contributed by atoms with van der Waals surface area (Å²) in [4.78, 5) is 20.3. The van der Waals surface area contributed by atoms with Crippen molar-refractivity contribution in [3.05, 3.63) is 52.0 Å². The standard InChI is InChI=1S/C12H8N2O2S/c15-12-9(7-8-3-1-5-13-8)11(14-16-12)10-4-2-6-17-10/h1-7,13H/b9-7-. The van der Waals surface area contributed by atoms with E-state index in [9.17, 15) is 4.79 Å². The average Bonchev–Trinajstić information content (AvgIpc) is 3.03. The number of aromatic amines is 1. The maximum Gasteiger partial charge on any atom is 0.368 e. The lowest BCUT2D eigenvalue weighted by atomic mass is 10.1. The highest BCUT2D eigenvalue weighted by Gasteiger charge is 2.27. The summed E-state index contributed by atoms with van der Waals surface area (Å²) in [6.07, 6.45) is 3.54. The maximum absolute atomic E-state index is 11.6. The van der Waals surface area contributed by atoms with Gasteiger partial charge in [0, 0.05) is 11.9 Å². The summed E-state index contributed by atoms with van der Waals surface area (Å²) in [6.45, 7) is 0. The van der Waals surface area contributed by atoms with Gasteiger partial charge in [0.25, 0.3) is 0 Å². The zero-order valence-electron chi connectivity index (χ0n) is 8.71. The molecule has 0 radical (unpaired) electrons. The Hall–Kier alpha value is -2.14. The average molecular weight is 244 g/mol. The summed E-state index contributed by atoms with van der Waals surface area (Å²) in [5, 5.41) is 5.75. The quantitative estimate of drug-likeness (QED) is 0.651. The second-order valence-electron chi connectivity index (χ2n) is 3.48. The van der Waals surface area contributed by atoms with Gasteiger partial charge in [-0.15, -0.1) is 11.3 Å². The van der Waals surface area contributed by atoms with Gasteiger partial charge < -0.3 is 9.82 Å². The molecule has 4 nitrogen and oxygen atoms in total. The normalized spacial score (nSPS) is 17.3. The molecule has 0 atom stereocenters.